The molecule has 0 radical (unpaired) electrons. The molecule has 10 aromatic carbocycles. The van der Waals surface area contributed by atoms with E-state index in [1.807, 2.05) is 0 Å². The van der Waals surface area contributed by atoms with Gasteiger partial charge < -0.3 is 4.90 Å². The molecule has 0 atom stereocenters. The smallest absolute Gasteiger partial charge is 0.0546 e. The lowest BCUT2D eigenvalue weighted by Gasteiger charge is -2.30. The van der Waals surface area contributed by atoms with Gasteiger partial charge in [-0.25, -0.2) is 0 Å². The quantitative estimate of drug-likeness (QED) is 0.177. The molecule has 0 aliphatic rings. The average Bonchev–Trinajstić information content (AvgIpc) is 3.18. The summed E-state index contributed by atoms with van der Waals surface area (Å²) < 4.78 is 0. The van der Waals surface area contributed by atoms with Crippen molar-refractivity contribution in [3.8, 4) is 11.1 Å². The van der Waals surface area contributed by atoms with Gasteiger partial charge >= 0.3 is 0 Å². The number of hydrogen-bond acceptors (Lipinski definition) is 1. The molecule has 1 heteroatoms. The van der Waals surface area contributed by atoms with Crippen LogP contribution in [-0.2, 0) is 0 Å². The van der Waals surface area contributed by atoms with Crippen molar-refractivity contribution in [2.45, 2.75) is 0 Å². The minimum atomic E-state index is 1.12. The van der Waals surface area contributed by atoms with Crippen molar-refractivity contribution in [1.29, 1.82) is 0 Å². The van der Waals surface area contributed by atoms with Crippen LogP contribution in [0.3, 0.4) is 0 Å². The van der Waals surface area contributed by atoms with Gasteiger partial charge in [-0.05, 0) is 89.3 Å². The Bertz CT molecular complexity index is 2890. The van der Waals surface area contributed by atoms with Crippen LogP contribution in [0.5, 0.6) is 0 Å². The molecule has 0 spiro atoms. The van der Waals surface area contributed by atoms with Crippen molar-refractivity contribution < 1.29 is 0 Å². The molecule has 0 saturated heterocycles. The second-order valence-corrected chi connectivity index (χ2v) is 12.9. The highest BCUT2D eigenvalue weighted by Crippen LogP contribution is 2.48. The van der Waals surface area contributed by atoms with Crippen molar-refractivity contribution in [2.75, 3.05) is 4.90 Å². The van der Waals surface area contributed by atoms with Crippen LogP contribution >= 0.6 is 0 Å². The van der Waals surface area contributed by atoms with Gasteiger partial charge in [-0.3, -0.25) is 0 Å². The Morgan fingerprint density at radius 1 is 0.265 bits per heavy atom. The van der Waals surface area contributed by atoms with E-state index in [4.69, 9.17) is 0 Å². The molecule has 0 heterocycles. The van der Waals surface area contributed by atoms with Crippen molar-refractivity contribution in [2.24, 2.45) is 0 Å². The molecule has 10 aromatic rings. The van der Waals surface area contributed by atoms with Crippen molar-refractivity contribution in [3.63, 3.8) is 0 Å². The number of fused-ring (bicyclic) bond motifs is 10. The fourth-order valence-electron chi connectivity index (χ4n) is 7.94. The normalized spacial score (nSPS) is 11.7. The molecule has 0 aliphatic carbocycles. The summed E-state index contributed by atoms with van der Waals surface area (Å²) in [4.78, 5) is 2.50. The molecule has 0 amide bonds. The van der Waals surface area contributed by atoms with E-state index in [2.05, 4.69) is 193 Å². The molecular formula is C48H31N. The summed E-state index contributed by atoms with van der Waals surface area (Å²) in [5, 5.41) is 15.1. The van der Waals surface area contributed by atoms with Gasteiger partial charge in [-0.15, -0.1) is 0 Å². The second kappa shape index (κ2) is 11.1. The Balaban J connectivity index is 1.35. The summed E-state index contributed by atoms with van der Waals surface area (Å²) in [6.07, 6.45) is 0. The summed E-state index contributed by atoms with van der Waals surface area (Å²) >= 11 is 0. The Kier molecular flexibility index (Phi) is 6.25. The Morgan fingerprint density at radius 2 is 0.776 bits per heavy atom. The highest BCUT2D eigenvalue weighted by atomic mass is 15.1. The number of anilines is 3. The molecule has 0 bridgehead atoms. The zero-order valence-corrected chi connectivity index (χ0v) is 26.8. The highest BCUT2D eigenvalue weighted by Gasteiger charge is 2.22. The predicted molar refractivity (Wildman–Crippen MR) is 212 cm³/mol. The maximum absolute atomic E-state index is 2.50. The van der Waals surface area contributed by atoms with Crippen molar-refractivity contribution in [1.82, 2.24) is 0 Å². The van der Waals surface area contributed by atoms with Gasteiger partial charge in [-0.2, -0.15) is 0 Å². The molecule has 228 valence electrons. The van der Waals surface area contributed by atoms with Gasteiger partial charge in [0.2, 0.25) is 0 Å². The lowest BCUT2D eigenvalue weighted by molar-refractivity contribution is 1.32. The first-order valence-electron chi connectivity index (χ1n) is 16.9. The van der Waals surface area contributed by atoms with E-state index in [1.54, 1.807) is 0 Å². The van der Waals surface area contributed by atoms with Crippen molar-refractivity contribution in [3.05, 3.63) is 188 Å². The molecule has 1 nitrogen and oxygen atoms in total. The molecule has 0 fully saturated rings. The average molecular weight is 622 g/mol. The number of nitrogens with zero attached hydrogens (tertiary/aromatic N) is 1. The van der Waals surface area contributed by atoms with E-state index in [9.17, 15) is 0 Å². The van der Waals surface area contributed by atoms with E-state index in [0.717, 1.165) is 17.1 Å². The first-order chi connectivity index (χ1) is 24.3. The van der Waals surface area contributed by atoms with Crippen LogP contribution in [0.1, 0.15) is 0 Å². The summed E-state index contributed by atoms with van der Waals surface area (Å²) in [5.41, 5.74) is 5.84. The third-order valence-electron chi connectivity index (χ3n) is 10.1. The van der Waals surface area contributed by atoms with Crippen LogP contribution in [0, 0.1) is 0 Å². The number of benzene rings is 10. The molecule has 0 aliphatic heterocycles. The van der Waals surface area contributed by atoms with Gasteiger partial charge in [0.1, 0.15) is 0 Å². The fraction of sp³-hybridized carbons (Fsp3) is 0. The van der Waals surface area contributed by atoms with Gasteiger partial charge in [0.05, 0.1) is 11.4 Å². The van der Waals surface area contributed by atoms with E-state index >= 15 is 0 Å². The van der Waals surface area contributed by atoms with E-state index < -0.39 is 0 Å². The lowest BCUT2D eigenvalue weighted by atomic mass is 9.91. The first kappa shape index (κ1) is 27.7. The predicted octanol–water partition coefficient (Wildman–Crippen LogP) is 13.7. The first-order valence-corrected chi connectivity index (χ1v) is 16.9. The van der Waals surface area contributed by atoms with E-state index in [-0.39, 0.29) is 0 Å². The van der Waals surface area contributed by atoms with Crippen LogP contribution in [-0.4, -0.2) is 0 Å². The number of hydrogen-bond donors (Lipinski definition) is 0. The van der Waals surface area contributed by atoms with Crippen LogP contribution in [0.15, 0.2) is 188 Å². The molecule has 0 saturated carbocycles. The maximum Gasteiger partial charge on any atom is 0.0546 e. The fourth-order valence-corrected chi connectivity index (χ4v) is 7.94. The van der Waals surface area contributed by atoms with Crippen molar-refractivity contribution >= 4 is 81.7 Å². The van der Waals surface area contributed by atoms with Gasteiger partial charge in [0.25, 0.3) is 0 Å². The van der Waals surface area contributed by atoms with Gasteiger partial charge in [0, 0.05) is 16.5 Å². The minimum absolute atomic E-state index is 1.12. The maximum atomic E-state index is 2.50. The Labute approximate surface area is 284 Å². The summed E-state index contributed by atoms with van der Waals surface area (Å²) in [7, 11) is 0. The highest BCUT2D eigenvalue weighted by molar-refractivity contribution is 6.29. The van der Waals surface area contributed by atoms with Gasteiger partial charge in [0.15, 0.2) is 0 Å². The van der Waals surface area contributed by atoms with E-state index in [0.29, 0.717) is 0 Å². The summed E-state index contributed by atoms with van der Waals surface area (Å²) in [6, 6.07) is 68.9. The SMILES string of the molecule is c1ccc(-c2cccc(N(c3cc4ccccc4c4ccccc34)c3cc4ccc5ccc6ccccc6c5c4c4ccccc34)c2)cc1. The lowest BCUT2D eigenvalue weighted by Crippen LogP contribution is -2.11. The molecule has 10 rings (SSSR count). The largest absolute Gasteiger partial charge is 0.309 e. The zero-order valence-electron chi connectivity index (χ0n) is 26.8. The summed E-state index contributed by atoms with van der Waals surface area (Å²) in [5.74, 6) is 0. The van der Waals surface area contributed by atoms with Crippen LogP contribution < -0.4 is 4.90 Å². The standard InChI is InChI=1S/C48H31N/c1-2-13-32(14-3-1)35-17-12-18-38(29-35)49(45-30-36-16-5-6-19-39(36)41-21-8-9-22-42(41)45)46-31-37-28-27-34-26-25-33-15-4-7-20-40(33)47(34)48(37)44-24-11-10-23-43(44)46/h1-31H. The monoisotopic (exact) mass is 621 g/mol. The van der Waals surface area contributed by atoms with Crippen LogP contribution in [0.4, 0.5) is 17.1 Å². The Morgan fingerprint density at radius 3 is 1.55 bits per heavy atom. The Hall–Kier alpha value is -6.44. The van der Waals surface area contributed by atoms with E-state index in [1.165, 1.54) is 75.8 Å². The van der Waals surface area contributed by atoms with Crippen LogP contribution in [0.2, 0.25) is 0 Å². The molecule has 0 aromatic heterocycles. The topological polar surface area (TPSA) is 3.24 Å². The minimum Gasteiger partial charge on any atom is -0.309 e. The summed E-state index contributed by atoms with van der Waals surface area (Å²) in [6.45, 7) is 0. The molecular weight excluding hydrogens is 591 g/mol. The number of rotatable bonds is 4. The van der Waals surface area contributed by atoms with Crippen LogP contribution in [0.25, 0.3) is 75.8 Å². The van der Waals surface area contributed by atoms with Gasteiger partial charge in [-0.1, -0.05) is 164 Å². The second-order valence-electron chi connectivity index (χ2n) is 12.9. The third-order valence-corrected chi connectivity index (χ3v) is 10.1. The molecule has 49 heavy (non-hydrogen) atoms. The third kappa shape index (κ3) is 4.40. The molecule has 0 N–H and O–H groups in total. The molecule has 0 unspecified atom stereocenters. The zero-order chi connectivity index (χ0) is 32.3.